The van der Waals surface area contributed by atoms with Crippen LogP contribution < -0.4 is 4.74 Å². The molecule has 3 rings (SSSR count). The second-order valence-corrected chi connectivity index (χ2v) is 7.41. The molecule has 0 aromatic heterocycles. The van der Waals surface area contributed by atoms with Crippen LogP contribution in [0.5, 0.6) is 5.75 Å². The highest BCUT2D eigenvalue weighted by molar-refractivity contribution is 5.44. The van der Waals surface area contributed by atoms with Gasteiger partial charge in [-0.2, -0.15) is 5.26 Å². The number of likely N-dealkylation sites (tertiary alicyclic amines) is 1. The van der Waals surface area contributed by atoms with E-state index in [1.54, 1.807) is 12.1 Å². The molecule has 0 aliphatic carbocycles. The number of hydrogen-bond acceptors (Lipinski definition) is 5. The molecular formula is C22H25N3O3. The topological polar surface area (TPSA) is 79.4 Å². The molecule has 0 radical (unpaired) electrons. The summed E-state index contributed by atoms with van der Waals surface area (Å²) in [6.45, 7) is 5.26. The van der Waals surface area contributed by atoms with Crippen LogP contribution in [-0.2, 0) is 6.54 Å². The van der Waals surface area contributed by atoms with Gasteiger partial charge < -0.3 is 4.74 Å². The van der Waals surface area contributed by atoms with Gasteiger partial charge in [-0.25, -0.2) is 0 Å². The average molecular weight is 379 g/mol. The van der Waals surface area contributed by atoms with Crippen molar-refractivity contribution in [2.45, 2.75) is 51.3 Å². The highest BCUT2D eigenvalue weighted by Crippen LogP contribution is 2.34. The molecule has 1 heterocycles. The number of nitrogens with zero attached hydrogens (tertiary/aromatic N) is 3. The van der Waals surface area contributed by atoms with Crippen LogP contribution in [-0.4, -0.2) is 28.5 Å². The van der Waals surface area contributed by atoms with E-state index in [4.69, 9.17) is 4.74 Å². The molecule has 6 heteroatoms. The maximum atomic E-state index is 11.2. The predicted octanol–water partition coefficient (Wildman–Crippen LogP) is 4.65. The standard InChI is InChI=1S/C22H25N3O3/c1-16(2)28-22-11-10-19(25(26)27)13-18(22)15-24-12-6-9-21(24)20(14-23)17-7-4-3-5-8-17/h3-5,7-8,10-11,13,16,20-21H,6,9,12,15H2,1-2H3. The number of benzene rings is 2. The molecular weight excluding hydrogens is 354 g/mol. The quantitative estimate of drug-likeness (QED) is 0.517. The minimum Gasteiger partial charge on any atom is -0.491 e. The van der Waals surface area contributed by atoms with Gasteiger partial charge in [0.1, 0.15) is 5.75 Å². The number of ether oxygens (including phenoxy) is 1. The summed E-state index contributed by atoms with van der Waals surface area (Å²) in [7, 11) is 0. The maximum Gasteiger partial charge on any atom is 0.270 e. The van der Waals surface area contributed by atoms with E-state index in [1.165, 1.54) is 6.07 Å². The minimum absolute atomic E-state index is 0.0224. The largest absolute Gasteiger partial charge is 0.491 e. The number of hydrogen-bond donors (Lipinski definition) is 0. The monoisotopic (exact) mass is 379 g/mol. The Bertz CT molecular complexity index is 861. The third kappa shape index (κ3) is 4.49. The molecule has 0 spiro atoms. The Balaban J connectivity index is 1.88. The van der Waals surface area contributed by atoms with Gasteiger partial charge in [-0.15, -0.1) is 0 Å². The number of rotatable bonds is 7. The molecule has 1 fully saturated rings. The molecule has 146 valence electrons. The molecule has 2 aromatic rings. The van der Waals surface area contributed by atoms with Gasteiger partial charge in [0.25, 0.3) is 5.69 Å². The van der Waals surface area contributed by atoms with Crippen molar-refractivity contribution in [2.75, 3.05) is 6.54 Å². The number of non-ortho nitro benzene ring substituents is 1. The highest BCUT2D eigenvalue weighted by Gasteiger charge is 2.33. The molecule has 1 saturated heterocycles. The summed E-state index contributed by atoms with van der Waals surface area (Å²) in [6.07, 6.45) is 1.92. The van der Waals surface area contributed by atoms with E-state index in [2.05, 4.69) is 11.0 Å². The minimum atomic E-state index is -0.383. The molecule has 2 atom stereocenters. The van der Waals surface area contributed by atoms with Crippen LogP contribution in [0.1, 0.15) is 43.7 Å². The SMILES string of the molecule is CC(C)Oc1ccc([N+](=O)[O-])cc1CN1CCCC1C(C#N)c1ccccc1. The van der Waals surface area contributed by atoms with Crippen molar-refractivity contribution in [3.8, 4) is 11.8 Å². The Morgan fingerprint density at radius 3 is 2.68 bits per heavy atom. The molecule has 0 amide bonds. The predicted molar refractivity (Wildman–Crippen MR) is 107 cm³/mol. The Labute approximate surface area is 165 Å². The van der Waals surface area contributed by atoms with Crippen LogP contribution in [0.2, 0.25) is 0 Å². The van der Waals surface area contributed by atoms with Gasteiger partial charge in [-0.05, 0) is 44.9 Å². The van der Waals surface area contributed by atoms with Gasteiger partial charge >= 0.3 is 0 Å². The van der Waals surface area contributed by atoms with Crippen LogP contribution in [0.25, 0.3) is 0 Å². The summed E-state index contributed by atoms with van der Waals surface area (Å²) < 4.78 is 5.88. The lowest BCUT2D eigenvalue weighted by atomic mass is 9.91. The van der Waals surface area contributed by atoms with Gasteiger partial charge in [-0.3, -0.25) is 15.0 Å². The maximum absolute atomic E-state index is 11.2. The van der Waals surface area contributed by atoms with Crippen molar-refractivity contribution in [1.82, 2.24) is 4.90 Å². The fraction of sp³-hybridized carbons (Fsp3) is 0.409. The number of nitro groups is 1. The first-order valence-corrected chi connectivity index (χ1v) is 9.62. The average Bonchev–Trinajstić information content (AvgIpc) is 3.12. The zero-order valence-corrected chi connectivity index (χ0v) is 16.2. The van der Waals surface area contributed by atoms with Crippen LogP contribution >= 0.6 is 0 Å². The van der Waals surface area contributed by atoms with Crippen molar-refractivity contribution in [1.29, 1.82) is 5.26 Å². The van der Waals surface area contributed by atoms with Gasteiger partial charge in [0, 0.05) is 30.3 Å². The lowest BCUT2D eigenvalue weighted by Gasteiger charge is -2.29. The molecule has 0 saturated carbocycles. The highest BCUT2D eigenvalue weighted by atomic mass is 16.6. The van der Waals surface area contributed by atoms with Crippen LogP contribution in [0, 0.1) is 21.4 Å². The zero-order valence-electron chi connectivity index (χ0n) is 16.2. The molecule has 0 bridgehead atoms. The Kier molecular flexibility index (Phi) is 6.27. The van der Waals surface area contributed by atoms with Crippen molar-refractivity contribution in [3.63, 3.8) is 0 Å². The van der Waals surface area contributed by atoms with E-state index >= 15 is 0 Å². The normalized spacial score (nSPS) is 18.0. The first-order chi connectivity index (χ1) is 13.5. The molecule has 0 N–H and O–H groups in total. The van der Waals surface area contributed by atoms with Gasteiger partial charge in [0.2, 0.25) is 0 Å². The lowest BCUT2D eigenvalue weighted by Crippen LogP contribution is -2.33. The van der Waals surface area contributed by atoms with Crippen LogP contribution in [0.4, 0.5) is 5.69 Å². The van der Waals surface area contributed by atoms with Crippen molar-refractivity contribution >= 4 is 5.69 Å². The third-order valence-corrected chi connectivity index (χ3v) is 5.09. The van der Waals surface area contributed by atoms with E-state index in [9.17, 15) is 15.4 Å². The third-order valence-electron chi connectivity index (χ3n) is 5.09. The Morgan fingerprint density at radius 1 is 1.29 bits per heavy atom. The van der Waals surface area contributed by atoms with Crippen LogP contribution in [0.3, 0.4) is 0 Å². The fourth-order valence-corrected chi connectivity index (χ4v) is 3.86. The molecule has 28 heavy (non-hydrogen) atoms. The number of nitro benzene ring substituents is 1. The van der Waals surface area contributed by atoms with E-state index in [1.807, 2.05) is 44.2 Å². The molecule has 6 nitrogen and oxygen atoms in total. The van der Waals surface area contributed by atoms with Crippen LogP contribution in [0.15, 0.2) is 48.5 Å². The second kappa shape index (κ2) is 8.85. The second-order valence-electron chi connectivity index (χ2n) is 7.41. The summed E-state index contributed by atoms with van der Waals surface area (Å²) >= 11 is 0. The van der Waals surface area contributed by atoms with Gasteiger partial charge in [0.15, 0.2) is 0 Å². The molecule has 2 unspecified atom stereocenters. The first kappa shape index (κ1) is 19.8. The smallest absolute Gasteiger partial charge is 0.270 e. The van der Waals surface area contributed by atoms with E-state index in [0.29, 0.717) is 12.3 Å². The summed E-state index contributed by atoms with van der Waals surface area (Å²) in [5, 5.41) is 21.1. The molecule has 1 aliphatic rings. The van der Waals surface area contributed by atoms with E-state index in [0.717, 1.165) is 30.5 Å². The summed E-state index contributed by atoms with van der Waals surface area (Å²) in [4.78, 5) is 13.1. The number of nitriles is 1. The Morgan fingerprint density at radius 2 is 2.04 bits per heavy atom. The van der Waals surface area contributed by atoms with E-state index < -0.39 is 0 Å². The van der Waals surface area contributed by atoms with Gasteiger partial charge in [0.05, 0.1) is 23.0 Å². The Hall–Kier alpha value is -2.91. The fourth-order valence-electron chi connectivity index (χ4n) is 3.86. The molecule has 2 aromatic carbocycles. The summed E-state index contributed by atoms with van der Waals surface area (Å²) in [6, 6.07) is 17.1. The van der Waals surface area contributed by atoms with Gasteiger partial charge in [-0.1, -0.05) is 30.3 Å². The van der Waals surface area contributed by atoms with E-state index in [-0.39, 0.29) is 28.7 Å². The summed E-state index contributed by atoms with van der Waals surface area (Å²) in [5.41, 5.74) is 1.86. The van der Waals surface area contributed by atoms with Crippen molar-refractivity contribution in [2.24, 2.45) is 0 Å². The van der Waals surface area contributed by atoms with Crippen molar-refractivity contribution < 1.29 is 9.66 Å². The lowest BCUT2D eigenvalue weighted by molar-refractivity contribution is -0.385. The first-order valence-electron chi connectivity index (χ1n) is 9.62. The zero-order chi connectivity index (χ0) is 20.1. The summed E-state index contributed by atoms with van der Waals surface area (Å²) in [5.74, 6) is 0.441. The molecule has 1 aliphatic heterocycles. The van der Waals surface area contributed by atoms with Crippen molar-refractivity contribution in [3.05, 3.63) is 69.8 Å².